The molecule has 1 aromatic carbocycles. The second-order valence-electron chi connectivity index (χ2n) is 3.80. The lowest BCUT2D eigenvalue weighted by molar-refractivity contribution is 1.17. The Kier molecular flexibility index (Phi) is 2.91. The molecule has 0 fully saturated rings. The first-order chi connectivity index (χ1) is 7.74. The van der Waals surface area contributed by atoms with Gasteiger partial charge in [0.1, 0.15) is 5.82 Å². The van der Waals surface area contributed by atoms with Crippen molar-refractivity contribution >= 4 is 16.6 Å². The van der Waals surface area contributed by atoms with E-state index in [1.54, 1.807) is 0 Å². The summed E-state index contributed by atoms with van der Waals surface area (Å²) in [5.41, 5.74) is 4.57. The van der Waals surface area contributed by atoms with Gasteiger partial charge in [0.05, 0.1) is 11.0 Å². The van der Waals surface area contributed by atoms with Crippen LogP contribution < -0.4 is 0 Å². The van der Waals surface area contributed by atoms with Gasteiger partial charge in [0.15, 0.2) is 0 Å². The number of allylic oxidation sites excluding steroid dienone is 4. The normalized spacial score (nSPS) is 12.8. The Morgan fingerprint density at radius 2 is 2.12 bits per heavy atom. The van der Waals surface area contributed by atoms with Crippen LogP contribution in [0.25, 0.3) is 16.6 Å². The van der Waals surface area contributed by atoms with Crippen molar-refractivity contribution in [2.24, 2.45) is 0 Å². The van der Waals surface area contributed by atoms with Crippen LogP contribution in [0.4, 0.5) is 0 Å². The van der Waals surface area contributed by atoms with Gasteiger partial charge < -0.3 is 4.98 Å². The Bertz CT molecular complexity index is 559. The summed E-state index contributed by atoms with van der Waals surface area (Å²) < 4.78 is 0. The van der Waals surface area contributed by atoms with Crippen LogP contribution in [0.2, 0.25) is 0 Å². The third kappa shape index (κ3) is 1.91. The Morgan fingerprint density at radius 3 is 2.81 bits per heavy atom. The van der Waals surface area contributed by atoms with Crippen LogP contribution in [0.15, 0.2) is 36.4 Å². The molecule has 0 aliphatic rings. The van der Waals surface area contributed by atoms with E-state index >= 15 is 0 Å². The van der Waals surface area contributed by atoms with Gasteiger partial charge in [0.2, 0.25) is 0 Å². The minimum Gasteiger partial charge on any atom is -0.342 e. The molecule has 0 radical (unpaired) electrons. The number of H-pyrrole nitrogens is 1. The van der Waals surface area contributed by atoms with Gasteiger partial charge >= 0.3 is 0 Å². The maximum atomic E-state index is 4.39. The largest absolute Gasteiger partial charge is 0.342 e. The summed E-state index contributed by atoms with van der Waals surface area (Å²) in [5, 5.41) is 0. The summed E-state index contributed by atoms with van der Waals surface area (Å²) >= 11 is 0. The highest BCUT2D eigenvalue weighted by atomic mass is 14.9. The molecule has 1 heterocycles. The fraction of sp³-hybridized carbons (Fsp3) is 0.214. The van der Waals surface area contributed by atoms with Gasteiger partial charge in [-0.2, -0.15) is 0 Å². The monoisotopic (exact) mass is 212 g/mol. The maximum absolute atomic E-state index is 4.39. The molecule has 2 nitrogen and oxygen atoms in total. The van der Waals surface area contributed by atoms with Gasteiger partial charge in [-0.05, 0) is 44.0 Å². The number of hydrogen-bond acceptors (Lipinski definition) is 1. The first-order valence-corrected chi connectivity index (χ1v) is 5.50. The Hall–Kier alpha value is -1.83. The van der Waals surface area contributed by atoms with E-state index in [1.807, 2.05) is 13.8 Å². The van der Waals surface area contributed by atoms with Crippen molar-refractivity contribution in [3.05, 3.63) is 47.8 Å². The van der Waals surface area contributed by atoms with Crippen molar-refractivity contribution in [1.29, 1.82) is 0 Å². The molecule has 16 heavy (non-hydrogen) atoms. The summed E-state index contributed by atoms with van der Waals surface area (Å²) in [6.07, 6.45) is 6.28. The molecular formula is C14H16N2. The van der Waals surface area contributed by atoms with E-state index < -0.39 is 0 Å². The van der Waals surface area contributed by atoms with Crippen molar-refractivity contribution in [3.63, 3.8) is 0 Å². The third-order valence-corrected chi connectivity index (χ3v) is 2.59. The minimum absolute atomic E-state index is 0.959. The summed E-state index contributed by atoms with van der Waals surface area (Å²) in [6, 6.07) is 6.31. The second kappa shape index (κ2) is 4.35. The number of fused-ring (bicyclic) bond motifs is 1. The van der Waals surface area contributed by atoms with E-state index in [2.05, 4.69) is 53.3 Å². The number of hydrogen-bond donors (Lipinski definition) is 1. The number of nitrogens with zero attached hydrogens (tertiary/aromatic N) is 1. The topological polar surface area (TPSA) is 28.7 Å². The van der Waals surface area contributed by atoms with Crippen LogP contribution in [0.5, 0.6) is 0 Å². The Balaban J connectivity index is 2.53. The molecule has 0 atom stereocenters. The molecule has 2 rings (SSSR count). The summed E-state index contributed by atoms with van der Waals surface area (Å²) in [7, 11) is 0. The lowest BCUT2D eigenvalue weighted by Crippen LogP contribution is -1.80. The van der Waals surface area contributed by atoms with Crippen molar-refractivity contribution in [2.45, 2.75) is 20.8 Å². The van der Waals surface area contributed by atoms with E-state index in [-0.39, 0.29) is 0 Å². The molecule has 0 bridgehead atoms. The van der Waals surface area contributed by atoms with Gasteiger partial charge in [0, 0.05) is 0 Å². The van der Waals surface area contributed by atoms with Gasteiger partial charge in [-0.3, -0.25) is 0 Å². The summed E-state index contributed by atoms with van der Waals surface area (Å²) in [5.74, 6) is 0.959. The number of aromatic nitrogens is 2. The number of aryl methyl sites for hydroxylation is 1. The molecule has 2 aromatic rings. The van der Waals surface area contributed by atoms with E-state index in [1.165, 1.54) is 11.1 Å². The average Bonchev–Trinajstić information content (AvgIpc) is 2.64. The number of rotatable bonds is 2. The molecule has 0 saturated carbocycles. The number of imidazole rings is 1. The molecule has 1 aromatic heterocycles. The zero-order chi connectivity index (χ0) is 11.5. The first-order valence-electron chi connectivity index (χ1n) is 5.50. The molecule has 0 spiro atoms. The molecule has 1 N–H and O–H groups in total. The first kappa shape index (κ1) is 10.7. The van der Waals surface area contributed by atoms with Crippen molar-refractivity contribution in [3.8, 4) is 0 Å². The highest BCUT2D eigenvalue weighted by Crippen LogP contribution is 2.20. The maximum Gasteiger partial charge on any atom is 0.104 e. The van der Waals surface area contributed by atoms with Crippen molar-refractivity contribution in [1.82, 2.24) is 9.97 Å². The van der Waals surface area contributed by atoms with Crippen LogP contribution >= 0.6 is 0 Å². The fourth-order valence-corrected chi connectivity index (χ4v) is 1.86. The summed E-state index contributed by atoms with van der Waals surface area (Å²) in [4.78, 5) is 7.65. The lowest BCUT2D eigenvalue weighted by atomic mass is 10.0. The van der Waals surface area contributed by atoms with Crippen molar-refractivity contribution < 1.29 is 0 Å². The van der Waals surface area contributed by atoms with Gasteiger partial charge in [-0.1, -0.05) is 24.3 Å². The predicted octanol–water partition coefficient (Wildman–Crippen LogP) is 3.85. The van der Waals surface area contributed by atoms with E-state index in [4.69, 9.17) is 0 Å². The Morgan fingerprint density at radius 1 is 1.31 bits per heavy atom. The molecule has 0 unspecified atom stereocenters. The summed E-state index contributed by atoms with van der Waals surface area (Å²) in [6.45, 7) is 6.06. The molecule has 0 saturated heterocycles. The van der Waals surface area contributed by atoms with Crippen LogP contribution in [0.1, 0.15) is 25.2 Å². The Labute approximate surface area is 95.7 Å². The van der Waals surface area contributed by atoms with Crippen molar-refractivity contribution in [2.75, 3.05) is 0 Å². The van der Waals surface area contributed by atoms with E-state index in [0.717, 1.165) is 16.9 Å². The minimum atomic E-state index is 0.959. The van der Waals surface area contributed by atoms with Crippen LogP contribution in [0, 0.1) is 6.92 Å². The number of nitrogens with one attached hydrogen (secondary N) is 1. The average molecular weight is 212 g/mol. The van der Waals surface area contributed by atoms with Crippen LogP contribution in [-0.4, -0.2) is 9.97 Å². The standard InChI is InChI=1S/C14H16N2/c1-4-6-11(5-2)12-7-8-13-14(9-12)16-10(3)15-13/h4-9H,1-3H3,(H,15,16)/b6-4-,11-5+. The highest BCUT2D eigenvalue weighted by molar-refractivity contribution is 5.83. The zero-order valence-corrected chi connectivity index (χ0v) is 9.91. The number of benzene rings is 1. The fourth-order valence-electron chi connectivity index (χ4n) is 1.86. The molecule has 0 aliphatic carbocycles. The smallest absolute Gasteiger partial charge is 0.104 e. The quantitative estimate of drug-likeness (QED) is 0.752. The predicted molar refractivity (Wildman–Crippen MR) is 69.3 cm³/mol. The van der Waals surface area contributed by atoms with Gasteiger partial charge in [-0.25, -0.2) is 4.98 Å². The van der Waals surface area contributed by atoms with E-state index in [9.17, 15) is 0 Å². The van der Waals surface area contributed by atoms with Crippen LogP contribution in [0.3, 0.4) is 0 Å². The number of aromatic amines is 1. The molecule has 2 heteroatoms. The molecular weight excluding hydrogens is 196 g/mol. The highest BCUT2D eigenvalue weighted by Gasteiger charge is 2.02. The molecule has 0 amide bonds. The zero-order valence-electron chi connectivity index (χ0n) is 9.91. The molecule has 82 valence electrons. The SMILES string of the molecule is C/C=C\C(=C/C)c1ccc2nc(C)[nH]c2c1. The lowest BCUT2D eigenvalue weighted by Gasteiger charge is -2.01. The van der Waals surface area contributed by atoms with Gasteiger partial charge in [-0.15, -0.1) is 0 Å². The van der Waals surface area contributed by atoms with Gasteiger partial charge in [0.25, 0.3) is 0 Å². The van der Waals surface area contributed by atoms with E-state index in [0.29, 0.717) is 0 Å². The second-order valence-corrected chi connectivity index (χ2v) is 3.80. The molecule has 0 aliphatic heterocycles. The third-order valence-electron chi connectivity index (χ3n) is 2.59. The van der Waals surface area contributed by atoms with Crippen LogP contribution in [-0.2, 0) is 0 Å².